The molecule has 1 fully saturated rings. The van der Waals surface area contributed by atoms with Gasteiger partial charge in [0.15, 0.2) is 5.13 Å². The summed E-state index contributed by atoms with van der Waals surface area (Å²) in [7, 11) is 0. The van der Waals surface area contributed by atoms with Crippen molar-refractivity contribution in [1.82, 2.24) is 10.3 Å². The normalized spacial score (nSPS) is 16.0. The minimum absolute atomic E-state index is 0.0765. The van der Waals surface area contributed by atoms with Crippen molar-refractivity contribution < 1.29 is 19.4 Å². The van der Waals surface area contributed by atoms with Gasteiger partial charge >= 0.3 is 5.97 Å². The number of amides is 1. The van der Waals surface area contributed by atoms with Crippen molar-refractivity contribution in [3.8, 4) is 0 Å². The zero-order chi connectivity index (χ0) is 26.2. The second kappa shape index (κ2) is 12.8. The van der Waals surface area contributed by atoms with Gasteiger partial charge in [-0.3, -0.25) is 4.79 Å². The first-order valence-corrected chi connectivity index (χ1v) is 13.5. The van der Waals surface area contributed by atoms with E-state index in [1.165, 1.54) is 11.3 Å². The summed E-state index contributed by atoms with van der Waals surface area (Å²) >= 11 is 1.28. The van der Waals surface area contributed by atoms with E-state index in [4.69, 9.17) is 4.74 Å². The van der Waals surface area contributed by atoms with Gasteiger partial charge in [0.25, 0.3) is 0 Å². The van der Waals surface area contributed by atoms with E-state index in [9.17, 15) is 14.7 Å². The zero-order valence-corrected chi connectivity index (χ0v) is 22.1. The molecule has 8 nitrogen and oxygen atoms in total. The number of aliphatic hydroxyl groups is 1. The van der Waals surface area contributed by atoms with Crippen LogP contribution in [0.2, 0.25) is 0 Å². The molecule has 1 saturated heterocycles. The van der Waals surface area contributed by atoms with Crippen molar-refractivity contribution in [2.24, 2.45) is 0 Å². The van der Waals surface area contributed by atoms with Gasteiger partial charge in [-0.05, 0) is 62.9 Å². The maximum atomic E-state index is 13.1. The molecule has 0 spiro atoms. The largest absolute Gasteiger partial charge is 0.462 e. The third-order valence-corrected chi connectivity index (χ3v) is 7.56. The molecular formula is C28H34N4O4S. The number of rotatable bonds is 11. The van der Waals surface area contributed by atoms with Gasteiger partial charge in [0.05, 0.1) is 18.4 Å². The van der Waals surface area contributed by atoms with E-state index in [1.54, 1.807) is 13.8 Å². The Morgan fingerprint density at radius 1 is 1.19 bits per heavy atom. The third kappa shape index (κ3) is 6.94. The number of thiazole rings is 1. The lowest BCUT2D eigenvalue weighted by Crippen LogP contribution is -2.39. The molecule has 2 aromatic carbocycles. The van der Waals surface area contributed by atoms with Gasteiger partial charge in [0, 0.05) is 18.8 Å². The van der Waals surface area contributed by atoms with Crippen LogP contribution in [0.1, 0.15) is 52.4 Å². The van der Waals surface area contributed by atoms with Crippen LogP contribution in [-0.4, -0.2) is 54.2 Å². The Morgan fingerprint density at radius 2 is 1.95 bits per heavy atom. The summed E-state index contributed by atoms with van der Waals surface area (Å²) < 4.78 is 5.13. The van der Waals surface area contributed by atoms with E-state index in [-0.39, 0.29) is 17.9 Å². The number of carbonyl (C=O) groups is 2. The number of nitrogens with zero attached hydrogens (tertiary/aromatic N) is 2. The van der Waals surface area contributed by atoms with Crippen LogP contribution in [0.5, 0.6) is 0 Å². The molecule has 9 heteroatoms. The first-order valence-electron chi connectivity index (χ1n) is 12.7. The molecule has 37 heavy (non-hydrogen) atoms. The number of carbonyl (C=O) groups excluding carboxylic acids is 2. The average molecular weight is 523 g/mol. The molecule has 0 bridgehead atoms. The van der Waals surface area contributed by atoms with Gasteiger partial charge in [-0.1, -0.05) is 53.8 Å². The molecule has 1 aliphatic heterocycles. The maximum absolute atomic E-state index is 13.1. The Bertz CT molecular complexity index is 1180. The molecule has 2 atom stereocenters. The van der Waals surface area contributed by atoms with Crippen LogP contribution in [0.4, 0.5) is 10.8 Å². The number of hydrogen-bond donors (Lipinski definition) is 3. The van der Waals surface area contributed by atoms with Crippen molar-refractivity contribution in [1.29, 1.82) is 0 Å². The van der Waals surface area contributed by atoms with Gasteiger partial charge in [0.1, 0.15) is 10.9 Å². The number of nitrogens with one attached hydrogen (secondary N) is 2. The van der Waals surface area contributed by atoms with Crippen LogP contribution in [0, 0.1) is 6.92 Å². The van der Waals surface area contributed by atoms with Crippen LogP contribution in [0.25, 0.3) is 0 Å². The maximum Gasteiger partial charge on any atom is 0.350 e. The number of aryl methyl sites for hydroxylation is 1. The highest BCUT2D eigenvalue weighted by Crippen LogP contribution is 2.32. The summed E-state index contributed by atoms with van der Waals surface area (Å²) in [5, 5.41) is 17.3. The predicted molar refractivity (Wildman–Crippen MR) is 146 cm³/mol. The van der Waals surface area contributed by atoms with Gasteiger partial charge in [-0.2, -0.15) is 0 Å². The summed E-state index contributed by atoms with van der Waals surface area (Å²) in [4.78, 5) is 32.3. The summed E-state index contributed by atoms with van der Waals surface area (Å²) in [6, 6.07) is 17.1. The molecule has 0 radical (unpaired) electrons. The zero-order valence-electron chi connectivity index (χ0n) is 21.3. The molecule has 0 aliphatic carbocycles. The number of anilines is 2. The Hall–Kier alpha value is -3.27. The Kier molecular flexibility index (Phi) is 9.27. The van der Waals surface area contributed by atoms with Crippen LogP contribution in [0.15, 0.2) is 54.6 Å². The van der Waals surface area contributed by atoms with E-state index >= 15 is 0 Å². The van der Waals surface area contributed by atoms with Crippen molar-refractivity contribution >= 4 is 34.0 Å². The van der Waals surface area contributed by atoms with E-state index in [0.29, 0.717) is 28.9 Å². The summed E-state index contributed by atoms with van der Waals surface area (Å²) in [6.07, 6.45) is 1.91. The molecule has 196 valence electrons. The first kappa shape index (κ1) is 26.8. The van der Waals surface area contributed by atoms with Crippen LogP contribution >= 0.6 is 11.3 Å². The standard InChI is InChI=1S/C28H34N4O4S/c1-3-36-27(35)25-19(2)30-28(37-25)32-17-7-10-23(32)26(34)31-22-13-11-20(12-14-22)15-16-29-18-24(33)21-8-5-4-6-9-21/h4-6,8-9,11-14,23-24,29,33H,3,7,10,15-18H2,1-2H3,(H,31,34). The minimum atomic E-state index is -0.529. The molecule has 3 aromatic rings. The predicted octanol–water partition coefficient (Wildman–Crippen LogP) is 4.10. The Labute approximate surface area is 221 Å². The highest BCUT2D eigenvalue weighted by atomic mass is 32.1. The molecule has 3 N–H and O–H groups in total. The molecule has 4 rings (SSSR count). The summed E-state index contributed by atoms with van der Waals surface area (Å²) in [5.74, 6) is -0.445. The lowest BCUT2D eigenvalue weighted by Gasteiger charge is -2.23. The highest BCUT2D eigenvalue weighted by molar-refractivity contribution is 7.17. The average Bonchev–Trinajstić information content (AvgIpc) is 3.55. The number of hydrogen-bond acceptors (Lipinski definition) is 8. The molecule has 2 heterocycles. The number of esters is 1. The Morgan fingerprint density at radius 3 is 2.68 bits per heavy atom. The third-order valence-electron chi connectivity index (χ3n) is 6.38. The fourth-order valence-electron chi connectivity index (χ4n) is 4.40. The van der Waals surface area contributed by atoms with Crippen molar-refractivity contribution in [3.63, 3.8) is 0 Å². The van der Waals surface area contributed by atoms with Gasteiger partial charge in [0.2, 0.25) is 5.91 Å². The summed E-state index contributed by atoms with van der Waals surface area (Å²) in [5.41, 5.74) is 3.42. The first-order chi connectivity index (χ1) is 18.0. The number of aliphatic hydroxyl groups excluding tert-OH is 1. The topological polar surface area (TPSA) is 104 Å². The van der Waals surface area contributed by atoms with Crippen LogP contribution in [-0.2, 0) is 16.0 Å². The van der Waals surface area contributed by atoms with Crippen molar-refractivity contribution in [2.45, 2.75) is 45.3 Å². The monoisotopic (exact) mass is 522 g/mol. The molecule has 2 unspecified atom stereocenters. The van der Waals surface area contributed by atoms with E-state index in [2.05, 4.69) is 15.6 Å². The number of aromatic nitrogens is 1. The molecule has 0 saturated carbocycles. The van der Waals surface area contributed by atoms with E-state index < -0.39 is 6.10 Å². The number of benzene rings is 2. The smallest absolute Gasteiger partial charge is 0.350 e. The van der Waals surface area contributed by atoms with Crippen molar-refractivity contribution in [2.75, 3.05) is 36.5 Å². The lowest BCUT2D eigenvalue weighted by molar-refractivity contribution is -0.117. The fraction of sp³-hybridized carbons (Fsp3) is 0.393. The quantitative estimate of drug-likeness (QED) is 0.257. The van der Waals surface area contributed by atoms with Gasteiger partial charge in [-0.15, -0.1) is 0 Å². The van der Waals surface area contributed by atoms with Crippen molar-refractivity contribution in [3.05, 3.63) is 76.3 Å². The van der Waals surface area contributed by atoms with Gasteiger partial charge < -0.3 is 25.4 Å². The molecule has 1 aromatic heterocycles. The SMILES string of the molecule is CCOC(=O)c1sc(N2CCCC2C(=O)Nc2ccc(CCNCC(O)c3ccccc3)cc2)nc1C. The second-order valence-electron chi connectivity index (χ2n) is 9.05. The van der Waals surface area contributed by atoms with Crippen LogP contribution in [0.3, 0.4) is 0 Å². The second-order valence-corrected chi connectivity index (χ2v) is 10.0. The molecule has 1 amide bonds. The molecular weight excluding hydrogens is 488 g/mol. The fourth-order valence-corrected chi connectivity index (χ4v) is 5.44. The van der Waals surface area contributed by atoms with Crippen LogP contribution < -0.4 is 15.5 Å². The van der Waals surface area contributed by atoms with Gasteiger partial charge in [-0.25, -0.2) is 9.78 Å². The summed E-state index contributed by atoms with van der Waals surface area (Å²) in [6.45, 7) is 5.84. The Balaban J connectivity index is 1.27. The highest BCUT2D eigenvalue weighted by Gasteiger charge is 2.33. The van der Waals surface area contributed by atoms with E-state index in [0.717, 1.165) is 49.2 Å². The van der Waals surface area contributed by atoms with E-state index in [1.807, 2.05) is 59.5 Å². The molecule has 1 aliphatic rings. The lowest BCUT2D eigenvalue weighted by atomic mass is 10.1. The minimum Gasteiger partial charge on any atom is -0.462 e. The number of ether oxygens (including phenoxy) is 1.